The molecule has 0 saturated heterocycles. The molecule has 0 spiro atoms. The molecule has 1 aliphatic carbocycles. The fourth-order valence-electron chi connectivity index (χ4n) is 3.86. The molecule has 1 aliphatic rings. The van der Waals surface area contributed by atoms with E-state index in [2.05, 4.69) is 10.3 Å². The van der Waals surface area contributed by atoms with Crippen molar-refractivity contribution in [1.29, 1.82) is 0 Å². The Morgan fingerprint density at radius 3 is 2.37 bits per heavy atom. The molecule has 0 saturated carbocycles. The summed E-state index contributed by atoms with van der Waals surface area (Å²) in [5.41, 5.74) is 2.14. The van der Waals surface area contributed by atoms with Crippen LogP contribution < -0.4 is 0 Å². The molecular weight excluding hydrogens is 397 g/mol. The third-order valence-corrected chi connectivity index (χ3v) is 5.34. The number of phenolic OH excluding ortho intramolecular Hbond substituents is 1. The Morgan fingerprint density at radius 2 is 1.63 bits per heavy atom. The van der Waals surface area contributed by atoms with Crippen LogP contribution in [0.4, 0.5) is 13.2 Å². The van der Waals surface area contributed by atoms with Crippen molar-refractivity contribution < 1.29 is 27.3 Å². The number of halogens is 3. The van der Waals surface area contributed by atoms with Gasteiger partial charge >= 0.3 is 6.18 Å². The number of hydrogen-bond acceptors (Lipinski definition) is 5. The molecule has 2 heterocycles. The molecule has 2 aromatic carbocycles. The molecule has 0 fully saturated rings. The minimum Gasteiger partial charge on any atom is -0.508 e. The molecule has 152 valence electrons. The summed E-state index contributed by atoms with van der Waals surface area (Å²) in [5, 5.41) is 17.7. The molecule has 0 bridgehead atoms. The van der Waals surface area contributed by atoms with Gasteiger partial charge in [-0.25, -0.2) is 0 Å². The van der Waals surface area contributed by atoms with Gasteiger partial charge in [-0.15, -0.1) is 0 Å². The van der Waals surface area contributed by atoms with E-state index < -0.39 is 17.4 Å². The average molecular weight is 412 g/mol. The first-order chi connectivity index (χ1) is 14.3. The maximum absolute atomic E-state index is 14.0. The summed E-state index contributed by atoms with van der Waals surface area (Å²) < 4.78 is 52.5. The number of nitrogens with zero attached hydrogens (tertiary/aromatic N) is 2. The standard InChI is InChI=1S/C22H15F3N2O3/c1-11-9-15-13(10-16(11)28)7-8-14-18(15)26-30-21(14)19-17(22(23,24)25)20(29-27-19)12-5-3-2-4-6-12/h2-6,9-10,28H,7-8H2,1H3. The second-order valence-electron chi connectivity index (χ2n) is 7.23. The van der Waals surface area contributed by atoms with Crippen LogP contribution in [-0.2, 0) is 19.0 Å². The Balaban J connectivity index is 1.70. The van der Waals surface area contributed by atoms with Crippen molar-refractivity contribution in [3.63, 3.8) is 0 Å². The van der Waals surface area contributed by atoms with E-state index in [0.29, 0.717) is 29.7 Å². The number of fused-ring (bicyclic) bond motifs is 3. The highest BCUT2D eigenvalue weighted by Gasteiger charge is 2.43. The van der Waals surface area contributed by atoms with Crippen molar-refractivity contribution in [1.82, 2.24) is 10.3 Å². The molecule has 0 atom stereocenters. The van der Waals surface area contributed by atoms with E-state index >= 15 is 0 Å². The minimum atomic E-state index is -4.70. The predicted octanol–water partition coefficient (Wildman–Crippen LogP) is 5.80. The third kappa shape index (κ3) is 2.79. The second-order valence-corrected chi connectivity index (χ2v) is 7.23. The average Bonchev–Trinajstić information content (AvgIpc) is 3.33. The van der Waals surface area contributed by atoms with Gasteiger partial charge in [0.05, 0.1) is 0 Å². The van der Waals surface area contributed by atoms with Crippen LogP contribution in [0.15, 0.2) is 51.5 Å². The minimum absolute atomic E-state index is 0.0420. The topological polar surface area (TPSA) is 72.3 Å². The van der Waals surface area contributed by atoms with Crippen LogP contribution in [0.25, 0.3) is 34.0 Å². The Labute approximate surface area is 168 Å². The Kier molecular flexibility index (Phi) is 3.99. The van der Waals surface area contributed by atoms with Crippen LogP contribution in [0.3, 0.4) is 0 Å². The van der Waals surface area contributed by atoms with Gasteiger partial charge in [0.1, 0.15) is 17.0 Å². The molecule has 2 aromatic heterocycles. The summed E-state index contributed by atoms with van der Waals surface area (Å²) in [6, 6.07) is 11.4. The number of rotatable bonds is 2. The Morgan fingerprint density at radius 1 is 0.933 bits per heavy atom. The predicted molar refractivity (Wildman–Crippen MR) is 102 cm³/mol. The van der Waals surface area contributed by atoms with Gasteiger partial charge in [-0.05, 0) is 43.0 Å². The number of aromatic nitrogens is 2. The molecule has 30 heavy (non-hydrogen) atoms. The quantitative estimate of drug-likeness (QED) is 0.451. The first-order valence-corrected chi connectivity index (χ1v) is 9.28. The number of aryl methyl sites for hydroxylation is 2. The maximum Gasteiger partial charge on any atom is 0.422 e. The number of phenols is 1. The fourth-order valence-corrected chi connectivity index (χ4v) is 3.86. The normalized spacial score (nSPS) is 13.2. The summed E-state index contributed by atoms with van der Waals surface area (Å²) in [6.07, 6.45) is -3.75. The van der Waals surface area contributed by atoms with Crippen molar-refractivity contribution in [2.75, 3.05) is 0 Å². The van der Waals surface area contributed by atoms with Gasteiger partial charge in [0.2, 0.25) is 0 Å². The lowest BCUT2D eigenvalue weighted by Gasteiger charge is -2.16. The lowest BCUT2D eigenvalue weighted by Crippen LogP contribution is -2.08. The number of alkyl halides is 3. The maximum atomic E-state index is 14.0. The number of benzene rings is 2. The molecule has 5 nitrogen and oxygen atoms in total. The van der Waals surface area contributed by atoms with Crippen molar-refractivity contribution in [3.8, 4) is 39.8 Å². The summed E-state index contributed by atoms with van der Waals surface area (Å²) in [7, 11) is 0. The van der Waals surface area contributed by atoms with E-state index in [9.17, 15) is 18.3 Å². The fraction of sp³-hybridized carbons (Fsp3) is 0.182. The van der Waals surface area contributed by atoms with Crippen LogP contribution in [0.2, 0.25) is 0 Å². The van der Waals surface area contributed by atoms with Gasteiger partial charge in [-0.2, -0.15) is 13.2 Å². The molecule has 0 unspecified atom stereocenters. The van der Waals surface area contributed by atoms with Crippen LogP contribution in [-0.4, -0.2) is 15.4 Å². The van der Waals surface area contributed by atoms with Gasteiger partial charge in [0.15, 0.2) is 17.2 Å². The van der Waals surface area contributed by atoms with Crippen molar-refractivity contribution in [3.05, 3.63) is 64.7 Å². The van der Waals surface area contributed by atoms with Gasteiger partial charge in [0, 0.05) is 16.7 Å². The van der Waals surface area contributed by atoms with Crippen LogP contribution in [0, 0.1) is 6.92 Å². The third-order valence-electron chi connectivity index (χ3n) is 5.34. The molecule has 5 rings (SSSR count). The second kappa shape index (κ2) is 6.48. The zero-order valence-corrected chi connectivity index (χ0v) is 15.7. The summed E-state index contributed by atoms with van der Waals surface area (Å²) in [4.78, 5) is 0. The first-order valence-electron chi connectivity index (χ1n) is 9.28. The van der Waals surface area contributed by atoms with Crippen molar-refractivity contribution in [2.24, 2.45) is 0 Å². The molecular formula is C22H15F3N2O3. The van der Waals surface area contributed by atoms with Gasteiger partial charge in [-0.3, -0.25) is 0 Å². The highest BCUT2D eigenvalue weighted by molar-refractivity contribution is 5.79. The Hall–Kier alpha value is -3.55. The van der Waals surface area contributed by atoms with Gasteiger partial charge < -0.3 is 14.2 Å². The number of hydrogen-bond donors (Lipinski definition) is 1. The van der Waals surface area contributed by atoms with E-state index in [0.717, 1.165) is 11.1 Å². The SMILES string of the molecule is Cc1cc2c(cc1O)CCc1c-2noc1-c1noc(-c2ccccc2)c1C(F)(F)F. The van der Waals surface area contributed by atoms with E-state index in [4.69, 9.17) is 9.05 Å². The summed E-state index contributed by atoms with van der Waals surface area (Å²) >= 11 is 0. The molecule has 4 aromatic rings. The Bertz CT molecular complexity index is 1260. The zero-order valence-electron chi connectivity index (χ0n) is 15.7. The van der Waals surface area contributed by atoms with E-state index in [1.54, 1.807) is 37.3 Å². The van der Waals surface area contributed by atoms with Gasteiger partial charge in [0.25, 0.3) is 0 Å². The van der Waals surface area contributed by atoms with E-state index in [1.807, 2.05) is 0 Å². The van der Waals surface area contributed by atoms with E-state index in [-0.39, 0.29) is 22.8 Å². The lowest BCUT2D eigenvalue weighted by atomic mass is 9.87. The number of aromatic hydroxyl groups is 1. The summed E-state index contributed by atoms with van der Waals surface area (Å²) in [5.74, 6) is -0.232. The van der Waals surface area contributed by atoms with Crippen molar-refractivity contribution in [2.45, 2.75) is 25.9 Å². The monoisotopic (exact) mass is 412 g/mol. The highest BCUT2D eigenvalue weighted by Crippen LogP contribution is 2.46. The molecule has 0 amide bonds. The zero-order chi connectivity index (χ0) is 21.0. The van der Waals surface area contributed by atoms with Crippen molar-refractivity contribution >= 4 is 0 Å². The van der Waals surface area contributed by atoms with Crippen LogP contribution >= 0.6 is 0 Å². The molecule has 1 N–H and O–H groups in total. The highest BCUT2D eigenvalue weighted by atomic mass is 19.4. The molecule has 8 heteroatoms. The lowest BCUT2D eigenvalue weighted by molar-refractivity contribution is -0.136. The molecule has 0 radical (unpaired) electrons. The molecule has 0 aliphatic heterocycles. The van der Waals surface area contributed by atoms with Crippen LogP contribution in [0.1, 0.15) is 22.3 Å². The van der Waals surface area contributed by atoms with Crippen LogP contribution in [0.5, 0.6) is 5.75 Å². The largest absolute Gasteiger partial charge is 0.508 e. The first kappa shape index (κ1) is 18.5. The van der Waals surface area contributed by atoms with E-state index in [1.165, 1.54) is 12.1 Å². The summed E-state index contributed by atoms with van der Waals surface area (Å²) in [6.45, 7) is 1.75. The van der Waals surface area contributed by atoms with Gasteiger partial charge in [-0.1, -0.05) is 40.6 Å². The smallest absolute Gasteiger partial charge is 0.422 e.